The summed E-state index contributed by atoms with van der Waals surface area (Å²) < 4.78 is 12.9. The third-order valence-electron chi connectivity index (χ3n) is 3.73. The Morgan fingerprint density at radius 2 is 2.00 bits per heavy atom. The van der Waals surface area contributed by atoms with Crippen molar-refractivity contribution in [3.63, 3.8) is 0 Å². The molecule has 0 radical (unpaired) electrons. The van der Waals surface area contributed by atoms with E-state index >= 15 is 0 Å². The summed E-state index contributed by atoms with van der Waals surface area (Å²) in [5.74, 6) is -0.499. The lowest BCUT2D eigenvalue weighted by Crippen LogP contribution is -2.23. The van der Waals surface area contributed by atoms with Gasteiger partial charge in [-0.3, -0.25) is 14.6 Å². The minimum absolute atomic E-state index is 0.0825. The average molecular weight is 384 g/mol. The summed E-state index contributed by atoms with van der Waals surface area (Å²) >= 11 is 1.34. The quantitative estimate of drug-likeness (QED) is 0.463. The van der Waals surface area contributed by atoms with Crippen LogP contribution in [0, 0.1) is 12.7 Å². The smallest absolute Gasteiger partial charge is 0.277 e. The first kappa shape index (κ1) is 18.7. The number of H-pyrrole nitrogens is 1. The fourth-order valence-corrected chi connectivity index (χ4v) is 3.21. The number of nitrogen functional groups attached to an aromatic ring is 1. The molecule has 3 rings (SSSR count). The minimum Gasteiger partial charge on any atom is -0.382 e. The summed E-state index contributed by atoms with van der Waals surface area (Å²) in [5, 5.41) is 2.78. The van der Waals surface area contributed by atoms with Crippen LogP contribution < -0.4 is 16.6 Å². The van der Waals surface area contributed by atoms with Gasteiger partial charge < -0.3 is 11.1 Å². The van der Waals surface area contributed by atoms with Crippen molar-refractivity contribution in [3.05, 3.63) is 81.4 Å². The molecule has 0 bridgehead atoms. The van der Waals surface area contributed by atoms with Gasteiger partial charge in [-0.25, -0.2) is 9.37 Å². The van der Waals surface area contributed by atoms with Crippen molar-refractivity contribution in [2.75, 3.05) is 11.1 Å². The van der Waals surface area contributed by atoms with Crippen molar-refractivity contribution in [1.82, 2.24) is 9.97 Å². The number of halogens is 1. The van der Waals surface area contributed by atoms with E-state index in [9.17, 15) is 14.0 Å². The highest BCUT2D eigenvalue weighted by Gasteiger charge is 2.14. The van der Waals surface area contributed by atoms with Crippen LogP contribution in [0.25, 0.3) is 0 Å². The number of rotatable bonds is 5. The molecule has 0 spiro atoms. The molecule has 0 aliphatic heterocycles. The molecule has 2 aromatic carbocycles. The van der Waals surface area contributed by atoms with E-state index in [4.69, 9.17) is 5.73 Å². The first-order chi connectivity index (χ1) is 12.9. The molecule has 0 saturated heterocycles. The fraction of sp³-hybridized carbons (Fsp3) is 0.105. The van der Waals surface area contributed by atoms with Gasteiger partial charge in [-0.2, -0.15) is 0 Å². The molecular formula is C19H17FN4O2S. The second-order valence-corrected chi connectivity index (χ2v) is 6.83. The van der Waals surface area contributed by atoms with E-state index < -0.39 is 17.3 Å². The third kappa shape index (κ3) is 4.73. The van der Waals surface area contributed by atoms with E-state index in [0.29, 0.717) is 10.9 Å². The van der Waals surface area contributed by atoms with Gasteiger partial charge in [0.2, 0.25) is 0 Å². The highest BCUT2D eigenvalue weighted by Crippen LogP contribution is 2.21. The van der Waals surface area contributed by atoms with Crippen molar-refractivity contribution in [2.45, 2.75) is 17.8 Å². The van der Waals surface area contributed by atoms with Crippen LogP contribution in [0.5, 0.6) is 0 Å². The number of hydrogen-bond acceptors (Lipinski definition) is 5. The maximum Gasteiger partial charge on any atom is 0.277 e. The van der Waals surface area contributed by atoms with Gasteiger partial charge in [-0.05, 0) is 36.8 Å². The topological polar surface area (TPSA) is 101 Å². The van der Waals surface area contributed by atoms with Crippen molar-refractivity contribution < 1.29 is 9.18 Å². The first-order valence-electron chi connectivity index (χ1n) is 8.07. The van der Waals surface area contributed by atoms with Gasteiger partial charge in [0.15, 0.2) is 11.0 Å². The molecule has 138 valence electrons. The number of aromatic nitrogens is 2. The second kappa shape index (κ2) is 8.05. The van der Waals surface area contributed by atoms with Gasteiger partial charge in [-0.1, -0.05) is 41.6 Å². The average Bonchev–Trinajstić information content (AvgIpc) is 2.63. The predicted octanol–water partition coefficient (Wildman–Crippen LogP) is 3.34. The lowest BCUT2D eigenvalue weighted by Gasteiger charge is -2.09. The largest absolute Gasteiger partial charge is 0.382 e. The van der Waals surface area contributed by atoms with Crippen LogP contribution in [-0.2, 0) is 5.75 Å². The van der Waals surface area contributed by atoms with Gasteiger partial charge >= 0.3 is 0 Å². The molecule has 1 amide bonds. The van der Waals surface area contributed by atoms with Gasteiger partial charge in [0.25, 0.3) is 11.5 Å². The number of carbonyl (C=O) groups is 1. The third-order valence-corrected chi connectivity index (χ3v) is 4.67. The monoisotopic (exact) mass is 384 g/mol. The zero-order valence-electron chi connectivity index (χ0n) is 14.5. The minimum atomic E-state index is -0.575. The molecule has 1 aromatic heterocycles. The lowest BCUT2D eigenvalue weighted by atomic mass is 10.2. The maximum atomic E-state index is 12.9. The Morgan fingerprint density at radius 1 is 1.26 bits per heavy atom. The number of benzene rings is 2. The molecule has 8 heteroatoms. The number of aromatic amines is 1. The summed E-state index contributed by atoms with van der Waals surface area (Å²) in [6.45, 7) is 2.00. The molecule has 3 aromatic rings. The van der Waals surface area contributed by atoms with E-state index in [1.54, 1.807) is 0 Å². The summed E-state index contributed by atoms with van der Waals surface area (Å²) in [7, 11) is 0. The van der Waals surface area contributed by atoms with Gasteiger partial charge in [0, 0.05) is 11.3 Å². The number of aryl methyl sites for hydroxylation is 1. The van der Waals surface area contributed by atoms with Gasteiger partial charge in [0.1, 0.15) is 11.5 Å². The van der Waals surface area contributed by atoms with E-state index in [0.717, 1.165) is 23.3 Å². The highest BCUT2D eigenvalue weighted by molar-refractivity contribution is 7.98. The van der Waals surface area contributed by atoms with Crippen molar-refractivity contribution in [3.8, 4) is 0 Å². The number of anilines is 2. The Hall–Kier alpha value is -3.13. The van der Waals surface area contributed by atoms with Crippen LogP contribution in [0.3, 0.4) is 0 Å². The Bertz CT molecular complexity index is 1030. The predicted molar refractivity (Wildman–Crippen MR) is 104 cm³/mol. The molecule has 4 N–H and O–H groups in total. The van der Waals surface area contributed by atoms with Crippen molar-refractivity contribution in [1.29, 1.82) is 0 Å². The fourth-order valence-electron chi connectivity index (χ4n) is 2.40. The molecule has 27 heavy (non-hydrogen) atoms. The molecule has 6 nitrogen and oxygen atoms in total. The second-order valence-electron chi connectivity index (χ2n) is 5.87. The molecule has 1 heterocycles. The van der Waals surface area contributed by atoms with E-state index in [-0.39, 0.29) is 17.1 Å². The van der Waals surface area contributed by atoms with Crippen LogP contribution in [-0.4, -0.2) is 15.9 Å². The SMILES string of the molecule is Cc1cccc(CSc2nc(N)c(NC(=O)c3ccc(F)cc3)c(=O)[nH]2)c1. The molecule has 0 atom stereocenters. The summed E-state index contributed by atoms with van der Waals surface area (Å²) in [5.41, 5.74) is 7.60. The van der Waals surface area contributed by atoms with Crippen LogP contribution in [0.2, 0.25) is 0 Å². The van der Waals surface area contributed by atoms with Crippen molar-refractivity contribution in [2.24, 2.45) is 0 Å². The number of thioether (sulfide) groups is 1. The summed E-state index contributed by atoms with van der Waals surface area (Å²) in [4.78, 5) is 31.2. The van der Waals surface area contributed by atoms with E-state index in [1.807, 2.05) is 31.2 Å². The normalized spacial score (nSPS) is 10.6. The molecule has 0 unspecified atom stereocenters. The Morgan fingerprint density at radius 3 is 2.67 bits per heavy atom. The summed E-state index contributed by atoms with van der Waals surface area (Å²) in [6.07, 6.45) is 0. The number of carbonyl (C=O) groups excluding carboxylic acids is 1. The number of nitrogens with one attached hydrogen (secondary N) is 2. The maximum absolute atomic E-state index is 12.9. The van der Waals surface area contributed by atoms with Crippen molar-refractivity contribution >= 4 is 29.2 Å². The van der Waals surface area contributed by atoms with Gasteiger partial charge in [-0.15, -0.1) is 0 Å². The lowest BCUT2D eigenvalue weighted by molar-refractivity contribution is 0.102. The van der Waals surface area contributed by atoms with Crippen LogP contribution in [0.1, 0.15) is 21.5 Å². The van der Waals surface area contributed by atoms with Crippen LogP contribution >= 0.6 is 11.8 Å². The Kier molecular flexibility index (Phi) is 5.56. The molecule has 0 aliphatic carbocycles. The van der Waals surface area contributed by atoms with Crippen LogP contribution in [0.15, 0.2) is 58.5 Å². The summed E-state index contributed by atoms with van der Waals surface area (Å²) in [6, 6.07) is 12.9. The highest BCUT2D eigenvalue weighted by atomic mass is 32.2. The number of hydrogen-bond donors (Lipinski definition) is 3. The van der Waals surface area contributed by atoms with Gasteiger partial charge in [0.05, 0.1) is 0 Å². The zero-order valence-corrected chi connectivity index (χ0v) is 15.3. The Labute approximate surface area is 159 Å². The molecule has 0 saturated carbocycles. The standard InChI is InChI=1S/C19H17FN4O2S/c1-11-3-2-4-12(9-11)10-27-19-23-16(21)15(18(26)24-19)22-17(25)13-5-7-14(20)8-6-13/h2-9H,10H2,1H3,(H,22,25)(H3,21,23,24,26). The van der Waals surface area contributed by atoms with E-state index in [2.05, 4.69) is 15.3 Å². The number of nitrogens with zero attached hydrogens (tertiary/aromatic N) is 1. The zero-order chi connectivity index (χ0) is 19.4. The first-order valence-corrected chi connectivity index (χ1v) is 9.06. The number of amides is 1. The molecule has 0 aliphatic rings. The van der Waals surface area contributed by atoms with Crippen LogP contribution in [0.4, 0.5) is 15.9 Å². The Balaban J connectivity index is 1.73. The molecule has 0 fully saturated rings. The molecular weight excluding hydrogens is 367 g/mol. The number of nitrogens with two attached hydrogens (primary N) is 1. The van der Waals surface area contributed by atoms with E-state index in [1.165, 1.54) is 23.9 Å².